The Hall–Kier alpha value is -0.120. The monoisotopic (exact) mass is 143 g/mol. The summed E-state index contributed by atoms with van der Waals surface area (Å²) in [5, 5.41) is 0. The number of nitrogens with two attached hydrogens (primary N) is 1. The van der Waals surface area contributed by atoms with Crippen LogP contribution in [0.3, 0.4) is 0 Å². The van der Waals surface area contributed by atoms with E-state index in [4.69, 9.17) is 5.73 Å². The summed E-state index contributed by atoms with van der Waals surface area (Å²) in [6.45, 7) is 6.59. The fourth-order valence-corrected chi connectivity index (χ4v) is 1.23. The van der Waals surface area contributed by atoms with Crippen molar-refractivity contribution in [3.8, 4) is 0 Å². The third kappa shape index (κ3) is 1.94. The van der Waals surface area contributed by atoms with Crippen LogP contribution < -0.4 is 5.73 Å². The Morgan fingerprint density at radius 1 is 1.20 bits per heavy atom. The summed E-state index contributed by atoms with van der Waals surface area (Å²) in [5.41, 5.74) is 5.72. The lowest BCUT2D eigenvalue weighted by Gasteiger charge is -2.34. The maximum Gasteiger partial charge on any atom is 0.0543 e. The van der Waals surface area contributed by atoms with E-state index in [9.17, 15) is 0 Å². The molecule has 1 aliphatic heterocycles. The Morgan fingerprint density at radius 3 is 2.10 bits per heavy atom. The number of hydrogen-bond donors (Lipinski definition) is 1. The first kappa shape index (κ1) is 7.98. The molecular formula is C7H17N3. The molecule has 1 aliphatic rings. The van der Waals surface area contributed by atoms with Gasteiger partial charge in [-0.2, -0.15) is 0 Å². The van der Waals surface area contributed by atoms with Crippen LogP contribution in [0.4, 0.5) is 0 Å². The van der Waals surface area contributed by atoms with Crippen molar-refractivity contribution in [1.82, 2.24) is 9.80 Å². The first-order valence-corrected chi connectivity index (χ1v) is 3.88. The van der Waals surface area contributed by atoms with Crippen LogP contribution in [0.25, 0.3) is 0 Å². The number of nitrogens with zero attached hydrogens (tertiary/aromatic N) is 2. The second-order valence-corrected chi connectivity index (χ2v) is 3.08. The van der Waals surface area contributed by atoms with E-state index in [2.05, 4.69) is 16.8 Å². The Balaban J connectivity index is 2.26. The van der Waals surface area contributed by atoms with Crippen LogP contribution in [-0.4, -0.2) is 49.2 Å². The van der Waals surface area contributed by atoms with Gasteiger partial charge in [0.25, 0.3) is 0 Å². The lowest BCUT2D eigenvalue weighted by atomic mass is 10.3. The van der Waals surface area contributed by atoms with E-state index >= 15 is 0 Å². The van der Waals surface area contributed by atoms with Crippen LogP contribution in [0.1, 0.15) is 6.92 Å². The van der Waals surface area contributed by atoms with Gasteiger partial charge in [-0.25, -0.2) is 0 Å². The minimum Gasteiger partial charge on any atom is -0.316 e. The molecule has 0 aromatic heterocycles. The predicted octanol–water partition coefficient (Wildman–Crippen LogP) is -0.461. The van der Waals surface area contributed by atoms with E-state index < -0.39 is 0 Å². The fourth-order valence-electron chi connectivity index (χ4n) is 1.23. The van der Waals surface area contributed by atoms with Gasteiger partial charge < -0.3 is 10.6 Å². The molecular weight excluding hydrogens is 126 g/mol. The van der Waals surface area contributed by atoms with E-state index in [-0.39, 0.29) is 6.17 Å². The molecule has 0 radical (unpaired) electrons. The predicted molar refractivity (Wildman–Crippen MR) is 42.7 cm³/mol. The maximum atomic E-state index is 5.72. The molecule has 0 aliphatic carbocycles. The highest BCUT2D eigenvalue weighted by Crippen LogP contribution is 1.99. The topological polar surface area (TPSA) is 32.5 Å². The molecule has 1 rings (SSSR count). The number of likely N-dealkylation sites (N-methyl/N-ethyl adjacent to an activating group) is 1. The Labute approximate surface area is 62.8 Å². The molecule has 0 amide bonds. The molecule has 0 unspecified atom stereocenters. The minimum absolute atomic E-state index is 0.230. The third-order valence-corrected chi connectivity index (χ3v) is 2.11. The van der Waals surface area contributed by atoms with Crippen LogP contribution in [0, 0.1) is 0 Å². The molecule has 3 nitrogen and oxygen atoms in total. The summed E-state index contributed by atoms with van der Waals surface area (Å²) >= 11 is 0. The summed E-state index contributed by atoms with van der Waals surface area (Å²) < 4.78 is 0. The Bertz CT molecular complexity index is 95.0. The highest BCUT2D eigenvalue weighted by atomic mass is 15.3. The average molecular weight is 143 g/mol. The molecule has 3 heteroatoms. The van der Waals surface area contributed by atoms with Crippen molar-refractivity contribution in [3.63, 3.8) is 0 Å². The highest BCUT2D eigenvalue weighted by molar-refractivity contribution is 4.70. The third-order valence-electron chi connectivity index (χ3n) is 2.11. The molecule has 60 valence electrons. The molecule has 1 fully saturated rings. The molecule has 1 atom stereocenters. The van der Waals surface area contributed by atoms with Crippen molar-refractivity contribution in [3.05, 3.63) is 0 Å². The van der Waals surface area contributed by atoms with Gasteiger partial charge in [0.1, 0.15) is 0 Å². The van der Waals surface area contributed by atoms with E-state index in [1.54, 1.807) is 0 Å². The summed E-state index contributed by atoms with van der Waals surface area (Å²) in [4.78, 5) is 4.64. The van der Waals surface area contributed by atoms with Crippen LogP contribution >= 0.6 is 0 Å². The summed E-state index contributed by atoms with van der Waals surface area (Å²) in [6.07, 6.45) is 0.230. The first-order valence-electron chi connectivity index (χ1n) is 3.88. The number of piperazine rings is 1. The van der Waals surface area contributed by atoms with Gasteiger partial charge in [0.2, 0.25) is 0 Å². The summed E-state index contributed by atoms with van der Waals surface area (Å²) in [7, 11) is 2.15. The van der Waals surface area contributed by atoms with E-state index in [1.165, 1.54) is 0 Å². The van der Waals surface area contributed by atoms with Gasteiger partial charge in [-0.3, -0.25) is 4.90 Å². The highest BCUT2D eigenvalue weighted by Gasteiger charge is 2.15. The molecule has 1 heterocycles. The second-order valence-electron chi connectivity index (χ2n) is 3.08. The van der Waals surface area contributed by atoms with Gasteiger partial charge in [-0.15, -0.1) is 0 Å². The van der Waals surface area contributed by atoms with Crippen molar-refractivity contribution < 1.29 is 0 Å². The number of hydrogen-bond acceptors (Lipinski definition) is 3. The molecule has 0 aromatic carbocycles. The summed E-state index contributed by atoms with van der Waals surface area (Å²) in [6, 6.07) is 0. The van der Waals surface area contributed by atoms with Gasteiger partial charge in [0.05, 0.1) is 6.17 Å². The first-order chi connectivity index (χ1) is 4.70. The Kier molecular flexibility index (Phi) is 2.65. The molecule has 2 N–H and O–H groups in total. The zero-order valence-corrected chi connectivity index (χ0v) is 6.88. The van der Waals surface area contributed by atoms with Crippen LogP contribution in [0.5, 0.6) is 0 Å². The minimum atomic E-state index is 0.230. The molecule has 10 heavy (non-hydrogen) atoms. The van der Waals surface area contributed by atoms with E-state index in [0.29, 0.717) is 0 Å². The van der Waals surface area contributed by atoms with Crippen molar-refractivity contribution in [2.24, 2.45) is 5.73 Å². The van der Waals surface area contributed by atoms with E-state index in [0.717, 1.165) is 26.2 Å². The van der Waals surface area contributed by atoms with Gasteiger partial charge in [0, 0.05) is 26.2 Å². The quantitative estimate of drug-likeness (QED) is 0.539. The van der Waals surface area contributed by atoms with Crippen molar-refractivity contribution in [2.45, 2.75) is 13.1 Å². The maximum absolute atomic E-state index is 5.72. The van der Waals surface area contributed by atoms with Crippen molar-refractivity contribution >= 4 is 0 Å². The molecule has 0 spiro atoms. The standard InChI is InChI=1S/C7H17N3/c1-7(8)10-5-3-9(2)4-6-10/h7H,3-6,8H2,1-2H3/t7-/m0/s1. The van der Waals surface area contributed by atoms with Gasteiger partial charge in [0.15, 0.2) is 0 Å². The Morgan fingerprint density at radius 2 is 1.70 bits per heavy atom. The van der Waals surface area contributed by atoms with Crippen LogP contribution in [0.15, 0.2) is 0 Å². The van der Waals surface area contributed by atoms with Gasteiger partial charge >= 0.3 is 0 Å². The molecule has 0 aromatic rings. The zero-order chi connectivity index (χ0) is 7.56. The SMILES string of the molecule is C[C@@H](N)N1CCN(C)CC1. The molecule has 0 bridgehead atoms. The van der Waals surface area contributed by atoms with Crippen LogP contribution in [-0.2, 0) is 0 Å². The van der Waals surface area contributed by atoms with E-state index in [1.807, 2.05) is 6.92 Å². The largest absolute Gasteiger partial charge is 0.316 e. The van der Waals surface area contributed by atoms with Crippen LogP contribution in [0.2, 0.25) is 0 Å². The molecule has 0 saturated carbocycles. The van der Waals surface area contributed by atoms with Gasteiger partial charge in [-0.05, 0) is 14.0 Å². The van der Waals surface area contributed by atoms with Crippen molar-refractivity contribution in [1.29, 1.82) is 0 Å². The lowest BCUT2D eigenvalue weighted by molar-refractivity contribution is 0.121. The molecule has 1 saturated heterocycles. The number of rotatable bonds is 1. The lowest BCUT2D eigenvalue weighted by Crippen LogP contribution is -2.50. The average Bonchev–Trinajstić information content (AvgIpc) is 1.88. The normalized spacial score (nSPS) is 26.7. The second kappa shape index (κ2) is 3.32. The van der Waals surface area contributed by atoms with Gasteiger partial charge in [-0.1, -0.05) is 0 Å². The fraction of sp³-hybridized carbons (Fsp3) is 1.00. The summed E-state index contributed by atoms with van der Waals surface area (Å²) in [5.74, 6) is 0. The van der Waals surface area contributed by atoms with Crippen molar-refractivity contribution in [2.75, 3.05) is 33.2 Å². The zero-order valence-electron chi connectivity index (χ0n) is 6.88. The smallest absolute Gasteiger partial charge is 0.0543 e.